The van der Waals surface area contributed by atoms with E-state index in [0.717, 1.165) is 18.4 Å². The fourth-order valence-corrected chi connectivity index (χ4v) is 5.07. The molecule has 2 aromatic carbocycles. The van der Waals surface area contributed by atoms with E-state index in [1.54, 1.807) is 0 Å². The molecule has 0 amide bonds. The Kier molecular flexibility index (Phi) is 11.9. The molecule has 0 atom stereocenters. The van der Waals surface area contributed by atoms with Crippen LogP contribution in [0.2, 0.25) is 0 Å². The lowest BCUT2D eigenvalue weighted by Gasteiger charge is -2.31. The van der Waals surface area contributed by atoms with E-state index >= 15 is 0 Å². The lowest BCUT2D eigenvalue weighted by atomic mass is 9.73. The molecule has 0 bridgehead atoms. The van der Waals surface area contributed by atoms with Gasteiger partial charge in [0, 0.05) is 11.0 Å². The van der Waals surface area contributed by atoms with Crippen molar-refractivity contribution in [1.29, 1.82) is 0 Å². The summed E-state index contributed by atoms with van der Waals surface area (Å²) in [7, 11) is 0. The zero-order valence-electron chi connectivity index (χ0n) is 21.4. The molecule has 2 rings (SSSR count). The van der Waals surface area contributed by atoms with Crippen LogP contribution in [0.3, 0.4) is 0 Å². The number of unbranched alkanes of at least 4 members (excludes halogenated alkanes) is 10. The van der Waals surface area contributed by atoms with Crippen LogP contribution in [0.15, 0.2) is 42.5 Å². The maximum atomic E-state index is 11.1. The van der Waals surface area contributed by atoms with E-state index < -0.39 is 0 Å². The van der Waals surface area contributed by atoms with Crippen LogP contribution in [-0.2, 0) is 18.3 Å². The lowest BCUT2D eigenvalue weighted by Crippen LogP contribution is -2.22. The molecule has 0 saturated carbocycles. The highest BCUT2D eigenvalue weighted by Crippen LogP contribution is 2.41. The number of rotatable bonds is 16. The van der Waals surface area contributed by atoms with Crippen LogP contribution in [0.4, 0.5) is 0 Å². The predicted molar refractivity (Wildman–Crippen MR) is 141 cm³/mol. The molecule has 32 heavy (non-hydrogen) atoms. The number of hydrogen-bond donors (Lipinski definition) is 1. The molecular weight excluding hydrogens is 388 g/mol. The topological polar surface area (TPSA) is 20.2 Å². The van der Waals surface area contributed by atoms with Crippen LogP contribution in [0.1, 0.15) is 127 Å². The first kappa shape index (κ1) is 26.5. The minimum absolute atomic E-state index is 0.208. The largest absolute Gasteiger partial charge is 0.508 e. The average Bonchev–Trinajstić information content (AvgIpc) is 2.80. The van der Waals surface area contributed by atoms with Crippen molar-refractivity contribution < 1.29 is 5.11 Å². The Hall–Kier alpha value is -1.76. The zero-order valence-corrected chi connectivity index (χ0v) is 21.4. The first-order valence-electron chi connectivity index (χ1n) is 13.4. The van der Waals surface area contributed by atoms with Crippen molar-refractivity contribution in [2.45, 2.75) is 123 Å². The van der Waals surface area contributed by atoms with Gasteiger partial charge in [-0.1, -0.05) is 128 Å². The van der Waals surface area contributed by atoms with Crippen LogP contribution in [0.5, 0.6) is 5.75 Å². The average molecular weight is 437 g/mol. The quantitative estimate of drug-likeness (QED) is 0.260. The van der Waals surface area contributed by atoms with Crippen molar-refractivity contribution in [3.8, 4) is 5.75 Å². The highest BCUT2D eigenvalue weighted by molar-refractivity contribution is 5.53. The first-order valence-corrected chi connectivity index (χ1v) is 13.4. The van der Waals surface area contributed by atoms with Gasteiger partial charge in [-0.15, -0.1) is 0 Å². The number of phenols is 1. The van der Waals surface area contributed by atoms with Gasteiger partial charge in [-0.05, 0) is 48.4 Å². The van der Waals surface area contributed by atoms with E-state index in [-0.39, 0.29) is 5.41 Å². The maximum Gasteiger partial charge on any atom is 0.119 e. The molecule has 0 saturated heterocycles. The molecule has 0 aliphatic heterocycles. The van der Waals surface area contributed by atoms with Crippen LogP contribution in [0.25, 0.3) is 0 Å². The van der Waals surface area contributed by atoms with Gasteiger partial charge >= 0.3 is 0 Å². The fourth-order valence-electron chi connectivity index (χ4n) is 5.07. The van der Waals surface area contributed by atoms with Gasteiger partial charge in [0.2, 0.25) is 0 Å². The fraction of sp³-hybridized carbons (Fsp3) is 0.613. The summed E-state index contributed by atoms with van der Waals surface area (Å²) >= 11 is 0. The normalized spacial score (nSPS) is 11.8. The second-order valence-corrected chi connectivity index (χ2v) is 10.1. The summed E-state index contributed by atoms with van der Waals surface area (Å²) in [5.41, 5.74) is 5.10. The predicted octanol–water partition coefficient (Wildman–Crippen LogP) is 9.52. The Balaban J connectivity index is 2.23. The van der Waals surface area contributed by atoms with Crippen LogP contribution in [-0.4, -0.2) is 5.11 Å². The van der Waals surface area contributed by atoms with Gasteiger partial charge in [-0.3, -0.25) is 0 Å². The van der Waals surface area contributed by atoms with Crippen LogP contribution < -0.4 is 0 Å². The van der Waals surface area contributed by atoms with E-state index in [2.05, 4.69) is 64.1 Å². The van der Waals surface area contributed by atoms with Crippen LogP contribution >= 0.6 is 0 Å². The van der Waals surface area contributed by atoms with E-state index in [1.165, 1.54) is 93.7 Å². The van der Waals surface area contributed by atoms with Gasteiger partial charge in [0.1, 0.15) is 5.75 Å². The Morgan fingerprint density at radius 2 is 1.16 bits per heavy atom. The van der Waals surface area contributed by atoms with Crippen molar-refractivity contribution in [3.05, 3.63) is 64.7 Å². The molecule has 0 spiro atoms. The summed E-state index contributed by atoms with van der Waals surface area (Å²) in [6.07, 6.45) is 18.0. The summed E-state index contributed by atoms with van der Waals surface area (Å²) in [5.74, 6) is 0.464. The molecule has 1 nitrogen and oxygen atoms in total. The standard InChI is InChI=1S/C31H48O/c1-5-7-9-11-13-16-20-26-24-25-29(32)30(28(26)23-19-14-12-10-8-6-2)31(3,4)27-21-17-15-18-22-27/h15,17-18,21-22,24-25,32H,5-14,16,19-20,23H2,1-4H3. The van der Waals surface area contributed by atoms with Crippen molar-refractivity contribution in [3.63, 3.8) is 0 Å². The molecule has 2 aromatic rings. The summed E-state index contributed by atoms with van der Waals surface area (Å²) in [6, 6.07) is 14.9. The molecule has 0 aromatic heterocycles. The minimum Gasteiger partial charge on any atom is -0.508 e. The minimum atomic E-state index is -0.208. The Morgan fingerprint density at radius 1 is 0.625 bits per heavy atom. The Morgan fingerprint density at radius 3 is 1.75 bits per heavy atom. The third kappa shape index (κ3) is 7.98. The molecule has 1 heteroatoms. The number of aromatic hydroxyl groups is 1. The number of aryl methyl sites for hydroxylation is 1. The lowest BCUT2D eigenvalue weighted by molar-refractivity contribution is 0.449. The monoisotopic (exact) mass is 436 g/mol. The van der Waals surface area contributed by atoms with Gasteiger partial charge in [0.25, 0.3) is 0 Å². The number of phenolic OH excluding ortho intramolecular Hbond substituents is 1. The molecular formula is C31H48O. The number of hydrogen-bond acceptors (Lipinski definition) is 1. The van der Waals surface area contributed by atoms with Crippen LogP contribution in [0, 0.1) is 0 Å². The van der Waals surface area contributed by atoms with E-state index in [1.807, 2.05) is 6.07 Å². The van der Waals surface area contributed by atoms with Crippen molar-refractivity contribution in [2.24, 2.45) is 0 Å². The molecule has 1 N–H and O–H groups in total. The van der Waals surface area contributed by atoms with E-state index in [9.17, 15) is 5.11 Å². The van der Waals surface area contributed by atoms with E-state index in [4.69, 9.17) is 0 Å². The van der Waals surface area contributed by atoms with Gasteiger partial charge in [-0.25, -0.2) is 0 Å². The Bertz CT molecular complexity index is 760. The van der Waals surface area contributed by atoms with Crippen molar-refractivity contribution in [1.82, 2.24) is 0 Å². The second kappa shape index (κ2) is 14.4. The van der Waals surface area contributed by atoms with Gasteiger partial charge in [-0.2, -0.15) is 0 Å². The third-order valence-corrected chi connectivity index (χ3v) is 7.09. The van der Waals surface area contributed by atoms with E-state index in [0.29, 0.717) is 5.75 Å². The smallest absolute Gasteiger partial charge is 0.119 e. The maximum absolute atomic E-state index is 11.1. The second-order valence-electron chi connectivity index (χ2n) is 10.1. The van der Waals surface area contributed by atoms with Gasteiger partial charge in [0.05, 0.1) is 0 Å². The molecule has 0 aliphatic carbocycles. The molecule has 0 fully saturated rings. The van der Waals surface area contributed by atoms with Crippen molar-refractivity contribution >= 4 is 0 Å². The highest BCUT2D eigenvalue weighted by atomic mass is 16.3. The third-order valence-electron chi connectivity index (χ3n) is 7.09. The Labute approximate surface area is 198 Å². The van der Waals surface area contributed by atoms with Crippen molar-refractivity contribution in [2.75, 3.05) is 0 Å². The molecule has 0 aliphatic rings. The molecule has 0 heterocycles. The highest BCUT2D eigenvalue weighted by Gasteiger charge is 2.29. The summed E-state index contributed by atoms with van der Waals surface area (Å²) in [5, 5.41) is 11.1. The first-order chi connectivity index (χ1) is 15.5. The number of benzene rings is 2. The van der Waals surface area contributed by atoms with Gasteiger partial charge in [0.15, 0.2) is 0 Å². The summed E-state index contributed by atoms with van der Waals surface area (Å²) in [6.45, 7) is 9.10. The molecule has 0 radical (unpaired) electrons. The molecule has 0 unspecified atom stereocenters. The molecule has 178 valence electrons. The SMILES string of the molecule is CCCCCCCCc1ccc(O)c(C(C)(C)c2ccccc2)c1CCCCCCCC. The zero-order chi connectivity index (χ0) is 23.2. The van der Waals surface area contributed by atoms with Gasteiger partial charge < -0.3 is 5.11 Å². The summed E-state index contributed by atoms with van der Waals surface area (Å²) in [4.78, 5) is 0. The summed E-state index contributed by atoms with van der Waals surface area (Å²) < 4.78 is 0.